The molecule has 0 radical (unpaired) electrons. The quantitative estimate of drug-likeness (QED) is 0.519. The summed E-state index contributed by atoms with van der Waals surface area (Å²) in [5.74, 6) is 0.975. The molecule has 0 saturated carbocycles. The van der Waals surface area contributed by atoms with Crippen molar-refractivity contribution < 1.29 is 0 Å². The van der Waals surface area contributed by atoms with E-state index in [-0.39, 0.29) is 0 Å². The highest BCUT2D eigenvalue weighted by Crippen LogP contribution is 2.39. The largest absolute Gasteiger partial charge is 0.354 e. The van der Waals surface area contributed by atoms with Crippen molar-refractivity contribution in [2.45, 2.75) is 71.6 Å². The Morgan fingerprint density at radius 2 is 1.94 bits per heavy atom. The monoisotopic (exact) mass is 428 g/mol. The molecule has 1 fully saturated rings. The molecule has 0 amide bonds. The van der Waals surface area contributed by atoms with Gasteiger partial charge < -0.3 is 10.4 Å². The normalized spacial score (nSPS) is 23.1. The average Bonchev–Trinajstić information content (AvgIpc) is 3.15. The molecule has 0 atom stereocenters. The van der Waals surface area contributed by atoms with Crippen LogP contribution in [0.5, 0.6) is 0 Å². The Balaban J connectivity index is 1.76. The molecule has 1 saturated heterocycles. The number of nitrogens with one attached hydrogen (secondary N) is 2. The average molecular weight is 429 g/mol. The Labute approximate surface area is 192 Å². The van der Waals surface area contributed by atoms with Crippen LogP contribution in [0.25, 0.3) is 16.5 Å². The molecule has 4 nitrogen and oxygen atoms in total. The van der Waals surface area contributed by atoms with Crippen molar-refractivity contribution in [1.29, 1.82) is 10.7 Å². The molecular weight excluding hydrogens is 392 g/mol. The van der Waals surface area contributed by atoms with Crippen LogP contribution in [0.2, 0.25) is 0 Å². The number of allylic oxidation sites excluding steroid dienone is 4. The Hall–Kier alpha value is -2.64. The zero-order valence-corrected chi connectivity index (χ0v) is 20.0. The molecule has 168 valence electrons. The van der Waals surface area contributed by atoms with Crippen LogP contribution in [0.15, 0.2) is 35.4 Å². The maximum atomic E-state index is 8.98. The number of H-pyrrole nitrogens is 1. The number of aromatic amines is 1. The number of hydrogen-bond donors (Lipinski definition) is 2. The molecule has 1 aliphatic heterocycles. The van der Waals surface area contributed by atoms with Gasteiger partial charge in [0.25, 0.3) is 0 Å². The first kappa shape index (κ1) is 22.6. The fourth-order valence-corrected chi connectivity index (χ4v) is 5.40. The third-order valence-electron chi connectivity index (χ3n) is 7.34. The molecule has 4 heteroatoms. The van der Waals surface area contributed by atoms with Gasteiger partial charge in [-0.2, -0.15) is 5.26 Å². The van der Waals surface area contributed by atoms with E-state index in [4.69, 9.17) is 10.7 Å². The zero-order chi connectivity index (χ0) is 22.8. The molecule has 1 aromatic heterocycles. The first-order valence-electron chi connectivity index (χ1n) is 12.1. The number of hydrogen-bond acceptors (Lipinski definition) is 3. The second-order valence-corrected chi connectivity index (χ2v) is 9.94. The van der Waals surface area contributed by atoms with Crippen molar-refractivity contribution >= 4 is 22.2 Å². The van der Waals surface area contributed by atoms with E-state index in [0.29, 0.717) is 18.4 Å². The lowest BCUT2D eigenvalue weighted by Gasteiger charge is -2.30. The van der Waals surface area contributed by atoms with E-state index in [1.54, 1.807) is 0 Å². The fourth-order valence-electron chi connectivity index (χ4n) is 5.40. The molecule has 32 heavy (non-hydrogen) atoms. The van der Waals surface area contributed by atoms with Gasteiger partial charge in [-0.3, -0.25) is 4.90 Å². The predicted molar refractivity (Wildman–Crippen MR) is 134 cm³/mol. The Morgan fingerprint density at radius 3 is 2.62 bits per heavy atom. The van der Waals surface area contributed by atoms with Crippen molar-refractivity contribution in [2.75, 3.05) is 19.6 Å². The summed E-state index contributed by atoms with van der Waals surface area (Å²) in [6.07, 6.45) is 7.43. The lowest BCUT2D eigenvalue weighted by molar-refractivity contribution is 0.235. The summed E-state index contributed by atoms with van der Waals surface area (Å²) >= 11 is 0. The highest BCUT2D eigenvalue weighted by Gasteiger charge is 2.23. The number of nitrogens with zero attached hydrogens (tertiary/aromatic N) is 2. The minimum absolute atomic E-state index is 0.408. The van der Waals surface area contributed by atoms with E-state index in [9.17, 15) is 0 Å². The van der Waals surface area contributed by atoms with E-state index in [0.717, 1.165) is 56.5 Å². The Kier molecular flexibility index (Phi) is 6.67. The van der Waals surface area contributed by atoms with E-state index in [2.05, 4.69) is 67.9 Å². The maximum Gasteiger partial charge on any atom is 0.0865 e. The summed E-state index contributed by atoms with van der Waals surface area (Å²) in [5, 5.41) is 18.7. The first-order valence-corrected chi connectivity index (χ1v) is 12.1. The third kappa shape index (κ3) is 4.45. The minimum atomic E-state index is 0.408. The van der Waals surface area contributed by atoms with Crippen molar-refractivity contribution in [3.8, 4) is 6.07 Å². The summed E-state index contributed by atoms with van der Waals surface area (Å²) in [5.41, 5.74) is 9.81. The first-order chi connectivity index (χ1) is 15.4. The van der Waals surface area contributed by atoms with Crippen LogP contribution in [0.4, 0.5) is 0 Å². The van der Waals surface area contributed by atoms with Gasteiger partial charge in [-0.05, 0) is 111 Å². The smallest absolute Gasteiger partial charge is 0.0865 e. The molecule has 4 rings (SSSR count). The number of fused-ring (bicyclic) bond motifs is 1. The Bertz CT molecular complexity index is 1110. The van der Waals surface area contributed by atoms with Gasteiger partial charge in [0, 0.05) is 22.3 Å². The third-order valence-corrected chi connectivity index (χ3v) is 7.34. The van der Waals surface area contributed by atoms with Crippen LogP contribution in [-0.2, 0) is 0 Å². The summed E-state index contributed by atoms with van der Waals surface area (Å²) in [7, 11) is 0. The lowest BCUT2D eigenvalue weighted by Crippen LogP contribution is -2.33. The fraction of sp³-hybridized carbons (Fsp3) is 0.500. The molecule has 2 aliphatic rings. The van der Waals surface area contributed by atoms with Gasteiger partial charge in [0.15, 0.2) is 0 Å². The van der Waals surface area contributed by atoms with E-state index in [1.165, 1.54) is 38.9 Å². The summed E-state index contributed by atoms with van der Waals surface area (Å²) in [6, 6.07) is 9.27. The van der Waals surface area contributed by atoms with Gasteiger partial charge in [0.1, 0.15) is 0 Å². The maximum absolute atomic E-state index is 8.98. The zero-order valence-electron chi connectivity index (χ0n) is 20.0. The molecule has 0 unspecified atom stereocenters. The van der Waals surface area contributed by atoms with Crippen LogP contribution in [0.1, 0.15) is 88.5 Å². The molecule has 0 spiro atoms. The minimum Gasteiger partial charge on any atom is -0.354 e. The van der Waals surface area contributed by atoms with Crippen LogP contribution in [-0.4, -0.2) is 35.2 Å². The molecule has 1 aromatic carbocycles. The second-order valence-electron chi connectivity index (χ2n) is 9.94. The number of aromatic nitrogens is 1. The topological polar surface area (TPSA) is 66.7 Å². The van der Waals surface area contributed by atoms with E-state index >= 15 is 0 Å². The number of piperidine rings is 1. The van der Waals surface area contributed by atoms with Crippen LogP contribution >= 0.6 is 0 Å². The van der Waals surface area contributed by atoms with Crippen LogP contribution < -0.4 is 0 Å². The number of nitriles is 1. The van der Waals surface area contributed by atoms with Crippen molar-refractivity contribution in [3.05, 3.63) is 52.2 Å². The van der Waals surface area contributed by atoms with Crippen LogP contribution in [0.3, 0.4) is 0 Å². The SMILES string of the molecule is C/C1=C/C(c2[nH]c3ccc(C4CCN(CC#N)CC4)cc3c2C(C)C)=C(/C)CCCC1=N. The highest BCUT2D eigenvalue weighted by atomic mass is 15.1. The highest BCUT2D eigenvalue weighted by molar-refractivity contribution is 6.01. The standard InChI is InChI=1S/C28H36N4/c1-18(2)27-24-17-22(21-10-13-32(14-11-21)15-12-29)8-9-26(24)31-28(27)23-16-20(4)25(30)7-5-6-19(23)3/h8-9,16-18,21,30-31H,5-7,10-11,13-15H2,1-4H3/b20-16-,23-19+,30-25?. The molecule has 2 N–H and O–H groups in total. The lowest BCUT2D eigenvalue weighted by atomic mass is 9.86. The molecular formula is C28H36N4. The van der Waals surface area contributed by atoms with Crippen molar-refractivity contribution in [3.63, 3.8) is 0 Å². The molecule has 1 aliphatic carbocycles. The van der Waals surface area contributed by atoms with Gasteiger partial charge in [0.2, 0.25) is 0 Å². The number of rotatable bonds is 4. The van der Waals surface area contributed by atoms with Gasteiger partial charge in [-0.25, -0.2) is 0 Å². The van der Waals surface area contributed by atoms with Gasteiger partial charge in [-0.1, -0.05) is 25.5 Å². The molecule has 0 bridgehead atoms. The number of benzene rings is 1. The van der Waals surface area contributed by atoms with Crippen molar-refractivity contribution in [1.82, 2.24) is 9.88 Å². The second kappa shape index (κ2) is 9.46. The number of likely N-dealkylation sites (tertiary alicyclic amines) is 1. The molecule has 2 heterocycles. The van der Waals surface area contributed by atoms with Crippen molar-refractivity contribution in [2.24, 2.45) is 0 Å². The predicted octanol–water partition coefficient (Wildman–Crippen LogP) is 6.92. The molecule has 2 aromatic rings. The summed E-state index contributed by atoms with van der Waals surface area (Å²) in [6.45, 7) is 11.5. The Morgan fingerprint density at radius 1 is 1.19 bits per heavy atom. The van der Waals surface area contributed by atoms with Crippen LogP contribution in [0, 0.1) is 16.7 Å². The summed E-state index contributed by atoms with van der Waals surface area (Å²) < 4.78 is 0. The van der Waals surface area contributed by atoms with E-state index < -0.39 is 0 Å². The van der Waals surface area contributed by atoms with E-state index in [1.807, 2.05) is 0 Å². The van der Waals surface area contributed by atoms with Gasteiger partial charge in [-0.15, -0.1) is 0 Å². The summed E-state index contributed by atoms with van der Waals surface area (Å²) in [4.78, 5) is 6.03. The van der Waals surface area contributed by atoms with Gasteiger partial charge >= 0.3 is 0 Å². The van der Waals surface area contributed by atoms with Gasteiger partial charge in [0.05, 0.1) is 12.6 Å².